The number of methoxy groups -OCH3 is 1. The number of nitrogens with two attached hydrogens (primary N) is 3. The van der Waals surface area contributed by atoms with Gasteiger partial charge in [0, 0.05) is 23.6 Å². The zero-order chi connectivity index (χ0) is 13.8. The number of hydrogen-bond donors (Lipinski definition) is 3. The van der Waals surface area contributed by atoms with Gasteiger partial charge in [-0.2, -0.15) is 0 Å². The van der Waals surface area contributed by atoms with E-state index >= 15 is 0 Å². The highest BCUT2D eigenvalue weighted by Gasteiger charge is 2.04. The Morgan fingerprint density at radius 1 is 1.05 bits per heavy atom. The number of hydrogen-bond acceptors (Lipinski definition) is 7. The van der Waals surface area contributed by atoms with Gasteiger partial charge in [-0.25, -0.2) is 9.97 Å². The lowest BCUT2D eigenvalue weighted by Crippen LogP contribution is -1.99. The molecule has 0 aliphatic carbocycles. The van der Waals surface area contributed by atoms with Crippen LogP contribution in [0.15, 0.2) is 29.4 Å². The number of aromatic nitrogens is 2. The van der Waals surface area contributed by atoms with Crippen LogP contribution in [0.4, 0.5) is 17.3 Å². The summed E-state index contributed by atoms with van der Waals surface area (Å²) in [7, 11) is 1.60. The summed E-state index contributed by atoms with van der Waals surface area (Å²) in [6, 6.07) is 7.08. The lowest BCUT2D eigenvalue weighted by molar-refractivity contribution is 0.414. The van der Waals surface area contributed by atoms with Crippen LogP contribution in [0.1, 0.15) is 5.56 Å². The number of rotatable bonds is 4. The number of thioether (sulfide) groups is 1. The van der Waals surface area contributed by atoms with Gasteiger partial charge in [0.25, 0.3) is 0 Å². The zero-order valence-electron chi connectivity index (χ0n) is 10.5. The van der Waals surface area contributed by atoms with Crippen molar-refractivity contribution in [2.45, 2.75) is 10.9 Å². The number of benzene rings is 1. The van der Waals surface area contributed by atoms with Crippen molar-refractivity contribution in [3.8, 4) is 5.75 Å². The third kappa shape index (κ3) is 3.65. The summed E-state index contributed by atoms with van der Waals surface area (Å²) in [5.41, 5.74) is 18.7. The average Bonchev–Trinajstić information content (AvgIpc) is 2.34. The van der Waals surface area contributed by atoms with Gasteiger partial charge in [0.2, 0.25) is 0 Å². The minimum Gasteiger partial charge on any atom is -0.497 e. The van der Waals surface area contributed by atoms with Crippen molar-refractivity contribution in [1.29, 1.82) is 0 Å². The lowest BCUT2D eigenvalue weighted by Gasteiger charge is -2.06. The standard InChI is InChI=1S/C12H15N5OS/c1-18-9-3-7(2-8(13)4-9)6-19-12-16-10(14)5-11(15)17-12/h2-5H,6,13H2,1H3,(H4,14,15,16,17). The molecule has 0 spiro atoms. The Labute approximate surface area is 115 Å². The summed E-state index contributed by atoms with van der Waals surface area (Å²) in [6.07, 6.45) is 0. The van der Waals surface area contributed by atoms with Crippen molar-refractivity contribution in [1.82, 2.24) is 9.97 Å². The highest BCUT2D eigenvalue weighted by Crippen LogP contribution is 2.25. The van der Waals surface area contributed by atoms with E-state index in [9.17, 15) is 0 Å². The van der Waals surface area contributed by atoms with Crippen molar-refractivity contribution in [2.24, 2.45) is 0 Å². The van der Waals surface area contributed by atoms with Crippen LogP contribution in [-0.2, 0) is 5.75 Å². The summed E-state index contributed by atoms with van der Waals surface area (Å²) < 4.78 is 5.17. The van der Waals surface area contributed by atoms with Gasteiger partial charge >= 0.3 is 0 Å². The molecule has 0 saturated carbocycles. The van der Waals surface area contributed by atoms with Crippen LogP contribution in [0.2, 0.25) is 0 Å². The van der Waals surface area contributed by atoms with Gasteiger partial charge in [-0.15, -0.1) is 0 Å². The molecule has 2 aromatic rings. The van der Waals surface area contributed by atoms with Gasteiger partial charge in [0.15, 0.2) is 5.16 Å². The molecular formula is C12H15N5OS. The molecular weight excluding hydrogens is 262 g/mol. The molecule has 0 aliphatic heterocycles. The van der Waals surface area contributed by atoms with Gasteiger partial charge in [0.05, 0.1) is 7.11 Å². The van der Waals surface area contributed by atoms with Crippen molar-refractivity contribution in [2.75, 3.05) is 24.3 Å². The molecule has 0 amide bonds. The quantitative estimate of drug-likeness (QED) is 0.441. The van der Waals surface area contributed by atoms with Crippen molar-refractivity contribution >= 4 is 29.1 Å². The molecule has 0 bridgehead atoms. The fraction of sp³-hybridized carbons (Fsp3) is 0.167. The molecule has 6 N–H and O–H groups in total. The lowest BCUT2D eigenvalue weighted by atomic mass is 10.2. The van der Waals surface area contributed by atoms with E-state index in [4.69, 9.17) is 21.9 Å². The van der Waals surface area contributed by atoms with E-state index in [1.165, 1.54) is 17.8 Å². The zero-order valence-corrected chi connectivity index (χ0v) is 11.3. The van der Waals surface area contributed by atoms with E-state index < -0.39 is 0 Å². The number of ether oxygens (including phenoxy) is 1. The maximum Gasteiger partial charge on any atom is 0.191 e. The topological polar surface area (TPSA) is 113 Å². The predicted molar refractivity (Wildman–Crippen MR) is 77.8 cm³/mol. The maximum absolute atomic E-state index is 5.79. The molecule has 0 atom stereocenters. The maximum atomic E-state index is 5.79. The fourth-order valence-electron chi connectivity index (χ4n) is 1.56. The third-order valence-electron chi connectivity index (χ3n) is 2.34. The Bertz CT molecular complexity index is 570. The molecule has 0 aliphatic rings. The molecule has 0 fully saturated rings. The van der Waals surface area contributed by atoms with E-state index in [1.807, 2.05) is 12.1 Å². The molecule has 0 unspecified atom stereocenters. The number of anilines is 3. The van der Waals surface area contributed by atoms with Gasteiger partial charge < -0.3 is 21.9 Å². The molecule has 7 heteroatoms. The number of nitrogen functional groups attached to an aromatic ring is 3. The Hall–Kier alpha value is -2.15. The molecule has 1 aromatic heterocycles. The van der Waals surface area contributed by atoms with Gasteiger partial charge in [-0.05, 0) is 17.7 Å². The second-order valence-corrected chi connectivity index (χ2v) is 4.85. The first-order valence-corrected chi connectivity index (χ1v) is 6.51. The smallest absolute Gasteiger partial charge is 0.191 e. The first kappa shape index (κ1) is 13.3. The van der Waals surface area contributed by atoms with E-state index in [1.54, 1.807) is 13.2 Å². The van der Waals surface area contributed by atoms with Crippen LogP contribution in [-0.4, -0.2) is 17.1 Å². The fourth-order valence-corrected chi connectivity index (χ4v) is 2.36. The van der Waals surface area contributed by atoms with E-state index in [0.29, 0.717) is 28.2 Å². The van der Waals surface area contributed by atoms with Crippen LogP contribution < -0.4 is 21.9 Å². The van der Waals surface area contributed by atoms with Crippen molar-refractivity contribution in [3.63, 3.8) is 0 Å². The molecule has 1 aromatic carbocycles. The summed E-state index contributed by atoms with van der Waals surface area (Å²) in [5, 5.41) is 0.541. The van der Waals surface area contributed by atoms with Gasteiger partial charge in [-0.1, -0.05) is 11.8 Å². The first-order chi connectivity index (χ1) is 9.06. The SMILES string of the molecule is COc1cc(N)cc(CSc2nc(N)cc(N)n2)c1. The summed E-state index contributed by atoms with van der Waals surface area (Å²) in [4.78, 5) is 8.20. The van der Waals surface area contributed by atoms with Crippen LogP contribution in [0.3, 0.4) is 0 Å². The Morgan fingerprint density at radius 2 is 1.74 bits per heavy atom. The van der Waals surface area contributed by atoms with Crippen LogP contribution in [0.25, 0.3) is 0 Å². The molecule has 19 heavy (non-hydrogen) atoms. The Morgan fingerprint density at radius 3 is 2.37 bits per heavy atom. The van der Waals surface area contributed by atoms with Gasteiger partial charge in [-0.3, -0.25) is 0 Å². The first-order valence-electron chi connectivity index (χ1n) is 5.53. The molecule has 1 heterocycles. The second kappa shape index (κ2) is 5.66. The Kier molecular flexibility index (Phi) is 3.96. The van der Waals surface area contributed by atoms with Crippen molar-refractivity contribution in [3.05, 3.63) is 29.8 Å². The minimum atomic E-state index is 0.361. The second-order valence-electron chi connectivity index (χ2n) is 3.90. The predicted octanol–water partition coefficient (Wildman–Crippen LogP) is 1.52. The third-order valence-corrected chi connectivity index (χ3v) is 3.26. The largest absolute Gasteiger partial charge is 0.497 e. The van der Waals surface area contributed by atoms with E-state index in [-0.39, 0.29) is 0 Å². The summed E-state index contributed by atoms with van der Waals surface area (Å²) in [6.45, 7) is 0. The van der Waals surface area contributed by atoms with E-state index in [2.05, 4.69) is 9.97 Å². The summed E-state index contributed by atoms with van der Waals surface area (Å²) >= 11 is 1.44. The van der Waals surface area contributed by atoms with E-state index in [0.717, 1.165) is 11.3 Å². The van der Waals surface area contributed by atoms with Crippen molar-refractivity contribution < 1.29 is 4.74 Å². The minimum absolute atomic E-state index is 0.361. The highest BCUT2D eigenvalue weighted by atomic mass is 32.2. The number of nitrogens with zero attached hydrogens (tertiary/aromatic N) is 2. The molecule has 0 saturated heterocycles. The normalized spacial score (nSPS) is 10.4. The highest BCUT2D eigenvalue weighted by molar-refractivity contribution is 7.98. The molecule has 6 nitrogen and oxygen atoms in total. The summed E-state index contributed by atoms with van der Waals surface area (Å²) in [5.74, 6) is 2.11. The monoisotopic (exact) mass is 277 g/mol. The van der Waals surface area contributed by atoms with Crippen LogP contribution >= 0.6 is 11.8 Å². The molecule has 0 radical (unpaired) electrons. The van der Waals surface area contributed by atoms with Crippen LogP contribution in [0.5, 0.6) is 5.75 Å². The molecule has 2 rings (SSSR count). The van der Waals surface area contributed by atoms with Gasteiger partial charge in [0.1, 0.15) is 17.4 Å². The van der Waals surface area contributed by atoms with Crippen LogP contribution in [0, 0.1) is 0 Å². The average molecular weight is 277 g/mol. The Balaban J connectivity index is 2.11. The molecule has 100 valence electrons.